The Kier molecular flexibility index (Phi) is 4.36. The summed E-state index contributed by atoms with van der Waals surface area (Å²) in [6.45, 7) is 4.92. The Morgan fingerprint density at radius 2 is 2.33 bits per heavy atom. The minimum absolute atomic E-state index is 0.233. The first-order valence-corrected chi connectivity index (χ1v) is 5.64. The zero-order chi connectivity index (χ0) is 11.3. The number of esters is 1. The predicted octanol–water partition coefficient (Wildman–Crippen LogP) is 1.72. The van der Waals surface area contributed by atoms with Crippen LogP contribution in [0.4, 0.5) is 10.8 Å². The first-order chi connectivity index (χ1) is 7.20. The maximum Gasteiger partial charge on any atom is 0.344 e. The molecule has 0 saturated carbocycles. The molecule has 1 rings (SSSR count). The molecule has 84 valence electrons. The number of nitrogens with one attached hydrogen (secondary N) is 1. The molecule has 3 N–H and O–H groups in total. The number of nitrogen functional groups attached to an aromatic ring is 1. The fraction of sp³-hybridized carbons (Fsp3) is 0.556. The largest absolute Gasteiger partial charge is 0.462 e. The molecule has 5 nitrogen and oxygen atoms in total. The lowest BCUT2D eigenvalue weighted by Crippen LogP contribution is -2.10. The fourth-order valence-corrected chi connectivity index (χ4v) is 1.79. The normalized spacial score (nSPS) is 10.0. The van der Waals surface area contributed by atoms with Crippen molar-refractivity contribution in [1.29, 1.82) is 0 Å². The molecule has 1 heterocycles. The van der Waals surface area contributed by atoms with Gasteiger partial charge in [-0.05, 0) is 24.9 Å². The van der Waals surface area contributed by atoms with Crippen molar-refractivity contribution in [3.05, 3.63) is 5.56 Å². The number of nitrogens with zero attached hydrogens (tertiary/aromatic N) is 1. The highest BCUT2D eigenvalue weighted by molar-refractivity contribution is 7.11. The number of nitrogens with two attached hydrogens (primary N) is 1. The third-order valence-electron chi connectivity index (χ3n) is 1.73. The molecule has 0 atom stereocenters. The predicted molar refractivity (Wildman–Crippen MR) is 61.3 cm³/mol. The van der Waals surface area contributed by atoms with Crippen molar-refractivity contribution in [3.8, 4) is 0 Å². The Morgan fingerprint density at radius 1 is 1.60 bits per heavy atom. The van der Waals surface area contributed by atoms with Crippen molar-refractivity contribution >= 4 is 28.3 Å². The number of anilines is 2. The molecule has 1 aromatic rings. The monoisotopic (exact) mass is 229 g/mol. The number of ether oxygens (including phenoxy) is 1. The molecule has 0 unspecified atom stereocenters. The zero-order valence-corrected chi connectivity index (χ0v) is 9.69. The summed E-state index contributed by atoms with van der Waals surface area (Å²) < 4.78 is 8.82. The maximum atomic E-state index is 11.5. The second-order valence-corrected chi connectivity index (χ2v) is 3.69. The Hall–Kier alpha value is -1.30. The van der Waals surface area contributed by atoms with E-state index in [2.05, 4.69) is 9.69 Å². The number of carbonyl (C=O) groups is 1. The van der Waals surface area contributed by atoms with Crippen LogP contribution in [0.25, 0.3) is 0 Å². The number of rotatable bonds is 5. The molecule has 0 aromatic carbocycles. The highest BCUT2D eigenvalue weighted by Crippen LogP contribution is 2.27. The zero-order valence-electron chi connectivity index (χ0n) is 8.87. The topological polar surface area (TPSA) is 77.2 Å². The highest BCUT2D eigenvalue weighted by Gasteiger charge is 2.19. The van der Waals surface area contributed by atoms with E-state index in [9.17, 15) is 4.79 Å². The summed E-state index contributed by atoms with van der Waals surface area (Å²) in [5.74, 6) is -0.181. The van der Waals surface area contributed by atoms with Gasteiger partial charge >= 0.3 is 5.97 Å². The average Bonchev–Trinajstić information content (AvgIpc) is 2.57. The van der Waals surface area contributed by atoms with E-state index < -0.39 is 5.97 Å². The van der Waals surface area contributed by atoms with Crippen LogP contribution in [-0.2, 0) is 4.74 Å². The summed E-state index contributed by atoms with van der Waals surface area (Å²) in [6, 6.07) is 0. The van der Waals surface area contributed by atoms with Gasteiger partial charge in [0.15, 0.2) is 5.82 Å². The maximum absolute atomic E-state index is 11.5. The van der Waals surface area contributed by atoms with Gasteiger partial charge in [-0.15, -0.1) is 0 Å². The van der Waals surface area contributed by atoms with Gasteiger partial charge < -0.3 is 15.8 Å². The third-order valence-corrected chi connectivity index (χ3v) is 2.55. The minimum atomic E-state index is -0.414. The van der Waals surface area contributed by atoms with Crippen LogP contribution in [-0.4, -0.2) is 23.5 Å². The summed E-state index contributed by atoms with van der Waals surface area (Å²) in [5, 5.41) is 3.79. The highest BCUT2D eigenvalue weighted by atomic mass is 32.1. The summed E-state index contributed by atoms with van der Waals surface area (Å²) in [7, 11) is 0. The van der Waals surface area contributed by atoms with Gasteiger partial charge in [-0.2, -0.15) is 4.37 Å². The van der Waals surface area contributed by atoms with Crippen LogP contribution < -0.4 is 11.1 Å². The molecule has 6 heteroatoms. The van der Waals surface area contributed by atoms with E-state index in [0.717, 1.165) is 13.0 Å². The average molecular weight is 229 g/mol. The van der Waals surface area contributed by atoms with E-state index in [1.165, 1.54) is 11.5 Å². The van der Waals surface area contributed by atoms with Crippen LogP contribution in [0.2, 0.25) is 0 Å². The van der Waals surface area contributed by atoms with Crippen molar-refractivity contribution in [2.45, 2.75) is 20.3 Å². The Labute approximate surface area is 92.8 Å². The van der Waals surface area contributed by atoms with Gasteiger partial charge in [-0.25, -0.2) is 4.79 Å². The molecular formula is C9H15N3O2S. The standard InChI is InChI=1S/C9H15N3O2S/c1-3-5-11-8-6(7(10)12-15-8)9(13)14-4-2/h11H,3-5H2,1-2H3,(H2,10,12). The van der Waals surface area contributed by atoms with E-state index in [1.54, 1.807) is 6.92 Å². The van der Waals surface area contributed by atoms with Crippen LogP contribution in [0, 0.1) is 0 Å². The molecule has 0 saturated heterocycles. The van der Waals surface area contributed by atoms with Gasteiger partial charge in [0.2, 0.25) is 0 Å². The number of hydrogen-bond acceptors (Lipinski definition) is 6. The number of hydrogen-bond donors (Lipinski definition) is 2. The SMILES string of the molecule is CCCNc1snc(N)c1C(=O)OCC. The van der Waals surface area contributed by atoms with E-state index in [1.807, 2.05) is 6.92 Å². The molecule has 0 aliphatic carbocycles. The number of carbonyl (C=O) groups excluding carboxylic acids is 1. The smallest absolute Gasteiger partial charge is 0.344 e. The van der Waals surface area contributed by atoms with Crippen molar-refractivity contribution in [3.63, 3.8) is 0 Å². The quantitative estimate of drug-likeness (QED) is 0.752. The third kappa shape index (κ3) is 2.82. The molecule has 0 spiro atoms. The van der Waals surface area contributed by atoms with E-state index >= 15 is 0 Å². The van der Waals surface area contributed by atoms with Crippen LogP contribution in [0.15, 0.2) is 0 Å². The lowest BCUT2D eigenvalue weighted by molar-refractivity contribution is 0.0529. The van der Waals surface area contributed by atoms with Crippen LogP contribution >= 0.6 is 11.5 Å². The molecule has 0 bridgehead atoms. The summed E-state index contributed by atoms with van der Waals surface area (Å²) in [6.07, 6.45) is 0.972. The van der Waals surface area contributed by atoms with Gasteiger partial charge in [0.05, 0.1) is 6.61 Å². The molecule has 1 aromatic heterocycles. The van der Waals surface area contributed by atoms with E-state index in [-0.39, 0.29) is 5.82 Å². The molecule has 0 fully saturated rings. The van der Waals surface area contributed by atoms with E-state index in [4.69, 9.17) is 10.5 Å². The molecule has 15 heavy (non-hydrogen) atoms. The Morgan fingerprint density at radius 3 is 2.93 bits per heavy atom. The molecule has 0 aliphatic heterocycles. The second-order valence-electron chi connectivity index (χ2n) is 2.92. The van der Waals surface area contributed by atoms with Gasteiger partial charge in [-0.1, -0.05) is 6.92 Å². The van der Waals surface area contributed by atoms with E-state index in [0.29, 0.717) is 17.2 Å². The lowest BCUT2D eigenvalue weighted by atomic mass is 10.3. The molecule has 0 aliphatic rings. The van der Waals surface area contributed by atoms with Crippen molar-refractivity contribution < 1.29 is 9.53 Å². The molecular weight excluding hydrogens is 214 g/mol. The van der Waals surface area contributed by atoms with Crippen LogP contribution in [0.5, 0.6) is 0 Å². The summed E-state index contributed by atoms with van der Waals surface area (Å²) >= 11 is 1.18. The first-order valence-electron chi connectivity index (χ1n) is 4.86. The Bertz CT molecular complexity index is 338. The fourth-order valence-electron chi connectivity index (χ4n) is 1.06. The summed E-state index contributed by atoms with van der Waals surface area (Å²) in [4.78, 5) is 11.5. The summed E-state index contributed by atoms with van der Waals surface area (Å²) in [5.41, 5.74) is 5.96. The van der Waals surface area contributed by atoms with Crippen molar-refractivity contribution in [1.82, 2.24) is 4.37 Å². The van der Waals surface area contributed by atoms with Crippen molar-refractivity contribution in [2.75, 3.05) is 24.2 Å². The van der Waals surface area contributed by atoms with Crippen molar-refractivity contribution in [2.24, 2.45) is 0 Å². The van der Waals surface area contributed by atoms with Gasteiger partial charge in [0.25, 0.3) is 0 Å². The lowest BCUT2D eigenvalue weighted by Gasteiger charge is -2.04. The second kappa shape index (κ2) is 5.55. The molecule has 0 amide bonds. The first kappa shape index (κ1) is 11.8. The minimum Gasteiger partial charge on any atom is -0.462 e. The van der Waals surface area contributed by atoms with Gasteiger partial charge in [0.1, 0.15) is 10.6 Å². The Balaban J connectivity index is 2.83. The molecule has 0 radical (unpaired) electrons. The van der Waals surface area contributed by atoms with Crippen LogP contribution in [0.3, 0.4) is 0 Å². The number of aromatic nitrogens is 1. The van der Waals surface area contributed by atoms with Gasteiger partial charge in [0, 0.05) is 6.54 Å². The van der Waals surface area contributed by atoms with Crippen LogP contribution in [0.1, 0.15) is 30.6 Å². The van der Waals surface area contributed by atoms with Gasteiger partial charge in [-0.3, -0.25) is 0 Å².